The number of fused-ring (bicyclic) bond motifs is 6. The highest BCUT2D eigenvalue weighted by molar-refractivity contribution is 14.1. The first kappa shape index (κ1) is 43.9. The monoisotopic (exact) mass is 1020 g/mol. The van der Waals surface area contributed by atoms with Gasteiger partial charge in [-0.1, -0.05) is 6.08 Å². The maximum Gasteiger partial charge on any atom is 0.348 e. The number of hydrogen-bond donors (Lipinski definition) is 1. The molecule has 23 heteroatoms. The van der Waals surface area contributed by atoms with Gasteiger partial charge in [-0.25, -0.2) is 57.0 Å². The van der Waals surface area contributed by atoms with E-state index in [1.165, 1.54) is 63.4 Å². The molecule has 0 aliphatic carbocycles. The summed E-state index contributed by atoms with van der Waals surface area (Å²) in [5, 5.41) is 10.8. The molecule has 0 spiro atoms. The number of benzene rings is 3. The average molecular weight is 1020 g/mol. The topological polar surface area (TPSA) is 234 Å². The molecule has 6 heterocycles. The van der Waals surface area contributed by atoms with Gasteiger partial charge < -0.3 is 37.9 Å². The maximum atomic E-state index is 14.6. The van der Waals surface area contributed by atoms with Crippen LogP contribution in [0.2, 0.25) is 0 Å². The minimum absolute atomic E-state index is 0.0688. The molecule has 3 aromatic carbocycles. The number of hydrogen-bond acceptors (Lipinski definition) is 14. The predicted molar refractivity (Wildman–Crippen MR) is 246 cm³/mol. The van der Waals surface area contributed by atoms with E-state index in [0.717, 1.165) is 9.13 Å². The highest BCUT2D eigenvalue weighted by Crippen LogP contribution is 2.42. The van der Waals surface area contributed by atoms with E-state index in [1.54, 1.807) is 56.6 Å². The van der Waals surface area contributed by atoms with Crippen LogP contribution in [0.1, 0.15) is 29.0 Å². The number of allylic oxidation sites excluding steroid dienone is 2. The molecule has 9 rings (SSSR count). The fourth-order valence-electron chi connectivity index (χ4n) is 9.02. The van der Waals surface area contributed by atoms with Crippen LogP contribution in [0.15, 0.2) is 76.8 Å². The van der Waals surface area contributed by atoms with Gasteiger partial charge in [0, 0.05) is 64.3 Å². The van der Waals surface area contributed by atoms with Crippen molar-refractivity contribution in [2.75, 3.05) is 35.5 Å². The number of aromatic hydroxyl groups is 1. The molecule has 0 fully saturated rings. The molecule has 0 unspecified atom stereocenters. The summed E-state index contributed by atoms with van der Waals surface area (Å²) >= 11 is 1.94. The van der Waals surface area contributed by atoms with E-state index < -0.39 is 46.0 Å². The standard InChI is InChI=1S/C43H43IN10O12/c1-47-28-18-33(64-5)31(62-3)16-26(28)45-24(38(47)56)9-11-49-40(58)51-13-8-22-30(53(51)42(49)60)20-52-41(59)50(43(61)54(52)36(22)21-14-23(44)37(55)35(15-21)66-7)12-10-25-39(57)48(2)29-19-34(65-6)32(63-4)17-27(29)46-25/h8,14-19,30,36,55H,9-13,20H2,1-7H3/t30-,36+/m1/s1. The Balaban J connectivity index is 1.12. The third kappa shape index (κ3) is 6.73. The molecule has 2 aliphatic rings. The summed E-state index contributed by atoms with van der Waals surface area (Å²) in [4.78, 5) is 94.0. The number of rotatable bonds is 12. The van der Waals surface area contributed by atoms with E-state index in [4.69, 9.17) is 23.7 Å². The zero-order valence-corrected chi connectivity index (χ0v) is 38.9. The third-order valence-corrected chi connectivity index (χ3v) is 13.2. The highest BCUT2D eigenvalue weighted by Gasteiger charge is 2.42. The Morgan fingerprint density at radius 2 is 1.09 bits per heavy atom. The van der Waals surface area contributed by atoms with Gasteiger partial charge >= 0.3 is 22.8 Å². The van der Waals surface area contributed by atoms with Crippen molar-refractivity contribution < 1.29 is 28.8 Å². The zero-order chi connectivity index (χ0) is 47.0. The van der Waals surface area contributed by atoms with Crippen LogP contribution in [-0.2, 0) is 53.1 Å². The molecule has 344 valence electrons. The van der Waals surface area contributed by atoms with Gasteiger partial charge in [-0.05, 0) is 45.9 Å². The number of halogens is 1. The summed E-state index contributed by atoms with van der Waals surface area (Å²) in [6.07, 6.45) is 1.57. The van der Waals surface area contributed by atoms with Crippen LogP contribution in [0.25, 0.3) is 22.1 Å². The Morgan fingerprint density at radius 1 is 0.621 bits per heavy atom. The van der Waals surface area contributed by atoms with Crippen LogP contribution in [0.5, 0.6) is 34.5 Å². The number of ether oxygens (including phenoxy) is 5. The first-order valence-corrected chi connectivity index (χ1v) is 21.6. The first-order valence-electron chi connectivity index (χ1n) is 20.5. The average Bonchev–Trinajstić information content (AvgIpc) is 3.71. The van der Waals surface area contributed by atoms with E-state index in [2.05, 4.69) is 9.97 Å². The van der Waals surface area contributed by atoms with Crippen LogP contribution in [0, 0.1) is 3.57 Å². The lowest BCUT2D eigenvalue weighted by atomic mass is 9.90. The molecule has 7 aromatic rings. The predicted octanol–water partition coefficient (Wildman–Crippen LogP) is 1.05. The second kappa shape index (κ2) is 16.6. The number of aromatic nitrogens is 10. The number of nitrogens with zero attached hydrogens (tertiary/aromatic N) is 10. The van der Waals surface area contributed by atoms with Gasteiger partial charge in [-0.15, -0.1) is 0 Å². The molecule has 4 aromatic heterocycles. The van der Waals surface area contributed by atoms with Crippen molar-refractivity contribution >= 4 is 44.7 Å². The smallest absolute Gasteiger partial charge is 0.348 e. The molecule has 2 atom stereocenters. The minimum Gasteiger partial charge on any atom is -0.504 e. The van der Waals surface area contributed by atoms with Crippen LogP contribution in [0.4, 0.5) is 0 Å². The number of phenols is 1. The summed E-state index contributed by atoms with van der Waals surface area (Å²) in [6, 6.07) is 7.77. The van der Waals surface area contributed by atoms with E-state index in [1.807, 2.05) is 22.6 Å². The molecule has 0 radical (unpaired) electrons. The van der Waals surface area contributed by atoms with E-state index in [-0.39, 0.29) is 61.9 Å². The molecule has 66 heavy (non-hydrogen) atoms. The summed E-state index contributed by atoms with van der Waals surface area (Å²) in [6.45, 7) is -0.730. The molecular weight excluding hydrogens is 975 g/mol. The lowest BCUT2D eigenvalue weighted by Gasteiger charge is -2.37. The molecule has 0 saturated carbocycles. The molecular formula is C43H43IN10O12. The summed E-state index contributed by atoms with van der Waals surface area (Å²) in [5.41, 5.74) is -0.629. The lowest BCUT2D eigenvalue weighted by Crippen LogP contribution is -2.47. The van der Waals surface area contributed by atoms with Gasteiger partial charge in [-0.3, -0.25) is 9.59 Å². The number of methoxy groups -OCH3 is 5. The van der Waals surface area contributed by atoms with Crippen molar-refractivity contribution in [1.82, 2.24) is 47.0 Å². The summed E-state index contributed by atoms with van der Waals surface area (Å²) in [7, 11) is 10.5. The van der Waals surface area contributed by atoms with Gasteiger partial charge in [0.05, 0.1) is 80.3 Å². The van der Waals surface area contributed by atoms with Gasteiger partial charge in [0.1, 0.15) is 17.4 Å². The number of phenolic OH excluding ortho intramolecular Hbond substituents is 1. The van der Waals surface area contributed by atoms with Crippen molar-refractivity contribution in [3.63, 3.8) is 0 Å². The second-order valence-electron chi connectivity index (χ2n) is 15.7. The Morgan fingerprint density at radius 3 is 1.59 bits per heavy atom. The van der Waals surface area contributed by atoms with Crippen molar-refractivity contribution in [3.05, 3.63) is 131 Å². The van der Waals surface area contributed by atoms with Gasteiger partial charge in [0.15, 0.2) is 34.5 Å². The van der Waals surface area contributed by atoms with Gasteiger partial charge in [-0.2, -0.15) is 0 Å². The summed E-state index contributed by atoms with van der Waals surface area (Å²) < 4.78 is 37.5. The third-order valence-electron chi connectivity index (χ3n) is 12.4. The minimum atomic E-state index is -1.03. The van der Waals surface area contributed by atoms with Gasteiger partial charge in [0.25, 0.3) is 11.1 Å². The van der Waals surface area contributed by atoms with Crippen LogP contribution in [0.3, 0.4) is 0 Å². The van der Waals surface area contributed by atoms with Gasteiger partial charge in [0.2, 0.25) is 0 Å². The van der Waals surface area contributed by atoms with E-state index >= 15 is 0 Å². The zero-order valence-electron chi connectivity index (χ0n) is 36.7. The normalized spacial score (nSPS) is 15.3. The lowest BCUT2D eigenvalue weighted by molar-refractivity contribution is 0.245. The first-order chi connectivity index (χ1) is 31.6. The van der Waals surface area contributed by atoms with E-state index in [9.17, 15) is 33.9 Å². The molecule has 2 aliphatic heterocycles. The Labute approximate surface area is 385 Å². The van der Waals surface area contributed by atoms with Crippen LogP contribution >= 0.6 is 22.6 Å². The Bertz CT molecular complexity index is 3590. The SMILES string of the molecule is COc1cc2nc(CCn3c(=O)n4n(c3=O)[C@@H]3Cn5c(=O)n(CCc6nc7cc(OC)c(OC)cc7n(C)c6=O)c(=O)n5[C@@H](c5cc(I)c(O)c(OC)c5)C3=CC4)c(=O)n(C)c2cc1OC. The highest BCUT2D eigenvalue weighted by atomic mass is 127. The van der Waals surface area contributed by atoms with Crippen LogP contribution < -0.4 is 57.6 Å². The van der Waals surface area contributed by atoms with Crippen molar-refractivity contribution in [3.8, 4) is 34.5 Å². The van der Waals surface area contributed by atoms with Crippen molar-refractivity contribution in [2.45, 2.75) is 51.1 Å². The van der Waals surface area contributed by atoms with Crippen molar-refractivity contribution in [2.24, 2.45) is 14.1 Å². The fourth-order valence-corrected chi connectivity index (χ4v) is 9.65. The maximum absolute atomic E-state index is 14.6. The Kier molecular flexibility index (Phi) is 11.0. The molecule has 0 saturated heterocycles. The fraction of sp³-hybridized carbons (Fsp3) is 0.349. The molecule has 1 N–H and O–H groups in total. The largest absolute Gasteiger partial charge is 0.504 e. The molecule has 0 bridgehead atoms. The second-order valence-corrected chi connectivity index (χ2v) is 16.9. The van der Waals surface area contributed by atoms with E-state index in [0.29, 0.717) is 59.8 Å². The molecule has 0 amide bonds. The number of aryl methyl sites for hydroxylation is 4. The Hall–Kier alpha value is -7.31. The van der Waals surface area contributed by atoms with Crippen LogP contribution in [-0.4, -0.2) is 87.6 Å². The summed E-state index contributed by atoms with van der Waals surface area (Å²) in [5.74, 6) is 1.60. The quantitative estimate of drug-likeness (QED) is 0.133. The van der Waals surface area contributed by atoms with Crippen molar-refractivity contribution in [1.29, 1.82) is 0 Å². The molecule has 22 nitrogen and oxygen atoms in total.